The third kappa shape index (κ3) is 3.37. The SMILES string of the molecule is CCCc1ccc(C(NN)c2ccc(F)c(Cl)c2)cc1. The number of halogens is 2. The van der Waals surface area contributed by atoms with E-state index in [4.69, 9.17) is 17.4 Å². The summed E-state index contributed by atoms with van der Waals surface area (Å²) in [5, 5.41) is 0.102. The van der Waals surface area contributed by atoms with E-state index in [2.05, 4.69) is 24.5 Å². The van der Waals surface area contributed by atoms with Crippen LogP contribution >= 0.6 is 11.6 Å². The Balaban J connectivity index is 2.29. The van der Waals surface area contributed by atoms with E-state index < -0.39 is 5.82 Å². The van der Waals surface area contributed by atoms with Gasteiger partial charge in [-0.15, -0.1) is 0 Å². The molecule has 20 heavy (non-hydrogen) atoms. The highest BCUT2D eigenvalue weighted by Gasteiger charge is 2.14. The Morgan fingerprint density at radius 1 is 1.15 bits per heavy atom. The van der Waals surface area contributed by atoms with Crippen LogP contribution in [-0.4, -0.2) is 0 Å². The number of aryl methyl sites for hydroxylation is 1. The van der Waals surface area contributed by atoms with E-state index >= 15 is 0 Å². The van der Waals surface area contributed by atoms with Crippen molar-refractivity contribution in [3.05, 3.63) is 70.0 Å². The molecule has 0 radical (unpaired) electrons. The number of benzene rings is 2. The minimum Gasteiger partial charge on any atom is -0.271 e. The van der Waals surface area contributed by atoms with Crippen molar-refractivity contribution in [3.63, 3.8) is 0 Å². The molecule has 0 bridgehead atoms. The molecule has 0 spiro atoms. The number of rotatable bonds is 5. The van der Waals surface area contributed by atoms with Gasteiger partial charge in [-0.3, -0.25) is 5.84 Å². The van der Waals surface area contributed by atoms with Crippen LogP contribution in [-0.2, 0) is 6.42 Å². The fourth-order valence-corrected chi connectivity index (χ4v) is 2.43. The molecule has 0 aliphatic heterocycles. The molecule has 0 amide bonds. The second-order valence-electron chi connectivity index (χ2n) is 4.76. The molecule has 0 aliphatic carbocycles. The van der Waals surface area contributed by atoms with Crippen LogP contribution < -0.4 is 11.3 Å². The first-order valence-corrected chi connectivity index (χ1v) is 7.03. The third-order valence-electron chi connectivity index (χ3n) is 3.30. The standard InChI is InChI=1S/C16H18ClFN2/c1-2-3-11-4-6-12(7-5-11)16(20-19)13-8-9-15(18)14(17)10-13/h4-10,16,20H,2-3,19H2,1H3. The van der Waals surface area contributed by atoms with Gasteiger partial charge in [0, 0.05) is 0 Å². The molecule has 1 unspecified atom stereocenters. The highest BCUT2D eigenvalue weighted by atomic mass is 35.5. The van der Waals surface area contributed by atoms with Crippen molar-refractivity contribution < 1.29 is 4.39 Å². The summed E-state index contributed by atoms with van der Waals surface area (Å²) in [5.41, 5.74) is 5.91. The summed E-state index contributed by atoms with van der Waals surface area (Å²) in [5.74, 6) is 5.21. The highest BCUT2D eigenvalue weighted by Crippen LogP contribution is 2.25. The summed E-state index contributed by atoms with van der Waals surface area (Å²) in [7, 11) is 0. The molecule has 0 saturated heterocycles. The number of hydrogen-bond acceptors (Lipinski definition) is 2. The van der Waals surface area contributed by atoms with Gasteiger partial charge in [0.2, 0.25) is 0 Å². The second-order valence-corrected chi connectivity index (χ2v) is 5.17. The summed E-state index contributed by atoms with van der Waals surface area (Å²) in [6.07, 6.45) is 2.18. The zero-order valence-corrected chi connectivity index (χ0v) is 12.1. The quantitative estimate of drug-likeness (QED) is 0.646. The molecule has 0 aliphatic rings. The summed E-state index contributed by atoms with van der Waals surface area (Å²) in [6.45, 7) is 2.15. The lowest BCUT2D eigenvalue weighted by Gasteiger charge is -2.17. The van der Waals surface area contributed by atoms with Crippen LogP contribution in [0.3, 0.4) is 0 Å². The summed E-state index contributed by atoms with van der Waals surface area (Å²) >= 11 is 5.83. The number of hydrazine groups is 1. The predicted molar refractivity (Wildman–Crippen MR) is 81.0 cm³/mol. The summed E-state index contributed by atoms with van der Waals surface area (Å²) in [4.78, 5) is 0. The van der Waals surface area contributed by atoms with Gasteiger partial charge < -0.3 is 0 Å². The van der Waals surface area contributed by atoms with Gasteiger partial charge in [-0.05, 0) is 35.2 Å². The second kappa shape index (κ2) is 6.84. The van der Waals surface area contributed by atoms with Crippen molar-refractivity contribution in [2.24, 2.45) is 5.84 Å². The number of nitrogens with one attached hydrogen (secondary N) is 1. The van der Waals surface area contributed by atoms with Crippen molar-refractivity contribution in [1.82, 2.24) is 5.43 Å². The Morgan fingerprint density at radius 3 is 2.35 bits per heavy atom. The predicted octanol–water partition coefficient (Wildman–Crippen LogP) is 3.98. The van der Waals surface area contributed by atoms with Gasteiger partial charge in [0.25, 0.3) is 0 Å². The average molecular weight is 293 g/mol. The first-order valence-electron chi connectivity index (χ1n) is 6.65. The molecule has 1 atom stereocenters. The van der Waals surface area contributed by atoms with Gasteiger partial charge in [0.15, 0.2) is 0 Å². The van der Waals surface area contributed by atoms with Crippen LogP contribution in [0.1, 0.15) is 36.1 Å². The van der Waals surface area contributed by atoms with Crippen molar-refractivity contribution in [3.8, 4) is 0 Å². The Labute approximate surface area is 123 Å². The Hall–Kier alpha value is -1.42. The zero-order valence-electron chi connectivity index (χ0n) is 11.4. The number of nitrogens with two attached hydrogens (primary N) is 1. The van der Waals surface area contributed by atoms with E-state index in [1.807, 2.05) is 12.1 Å². The van der Waals surface area contributed by atoms with E-state index in [9.17, 15) is 4.39 Å². The van der Waals surface area contributed by atoms with Gasteiger partial charge in [-0.1, -0.05) is 55.3 Å². The number of hydrogen-bond donors (Lipinski definition) is 2. The van der Waals surface area contributed by atoms with Crippen molar-refractivity contribution >= 4 is 11.6 Å². The molecule has 2 aromatic rings. The lowest BCUT2D eigenvalue weighted by atomic mass is 9.97. The van der Waals surface area contributed by atoms with Crippen LogP contribution in [0.4, 0.5) is 4.39 Å². The van der Waals surface area contributed by atoms with E-state index in [-0.39, 0.29) is 11.1 Å². The van der Waals surface area contributed by atoms with Gasteiger partial charge in [-0.2, -0.15) is 0 Å². The fraction of sp³-hybridized carbons (Fsp3) is 0.250. The topological polar surface area (TPSA) is 38.0 Å². The lowest BCUT2D eigenvalue weighted by Crippen LogP contribution is -2.28. The maximum atomic E-state index is 13.2. The Bertz CT molecular complexity index is 569. The molecule has 3 N–H and O–H groups in total. The summed E-state index contributed by atoms with van der Waals surface area (Å²) in [6, 6.07) is 12.7. The maximum absolute atomic E-state index is 13.2. The molecule has 0 fully saturated rings. The lowest BCUT2D eigenvalue weighted by molar-refractivity contribution is 0.616. The average Bonchev–Trinajstić information content (AvgIpc) is 2.46. The highest BCUT2D eigenvalue weighted by molar-refractivity contribution is 6.30. The van der Waals surface area contributed by atoms with E-state index in [0.29, 0.717) is 0 Å². The Morgan fingerprint density at radius 2 is 1.80 bits per heavy atom. The zero-order chi connectivity index (χ0) is 14.5. The van der Waals surface area contributed by atoms with Crippen LogP contribution in [0, 0.1) is 5.82 Å². The fourth-order valence-electron chi connectivity index (χ4n) is 2.24. The largest absolute Gasteiger partial charge is 0.271 e. The Kier molecular flexibility index (Phi) is 5.12. The van der Waals surface area contributed by atoms with Crippen molar-refractivity contribution in [2.45, 2.75) is 25.8 Å². The van der Waals surface area contributed by atoms with Crippen LogP contribution in [0.15, 0.2) is 42.5 Å². The molecule has 2 nitrogen and oxygen atoms in total. The van der Waals surface area contributed by atoms with E-state index in [1.165, 1.54) is 11.6 Å². The monoisotopic (exact) mass is 292 g/mol. The molecular formula is C16H18ClFN2. The molecule has 2 aromatic carbocycles. The van der Waals surface area contributed by atoms with Crippen molar-refractivity contribution in [1.29, 1.82) is 0 Å². The van der Waals surface area contributed by atoms with E-state index in [0.717, 1.165) is 24.0 Å². The van der Waals surface area contributed by atoms with Crippen LogP contribution in [0.25, 0.3) is 0 Å². The van der Waals surface area contributed by atoms with Crippen LogP contribution in [0.5, 0.6) is 0 Å². The van der Waals surface area contributed by atoms with E-state index in [1.54, 1.807) is 12.1 Å². The maximum Gasteiger partial charge on any atom is 0.141 e. The molecule has 106 valence electrons. The third-order valence-corrected chi connectivity index (χ3v) is 3.59. The normalized spacial score (nSPS) is 12.4. The van der Waals surface area contributed by atoms with Gasteiger partial charge in [0.05, 0.1) is 11.1 Å². The first-order chi connectivity index (χ1) is 9.65. The molecule has 0 heterocycles. The van der Waals surface area contributed by atoms with Gasteiger partial charge >= 0.3 is 0 Å². The molecule has 0 aromatic heterocycles. The smallest absolute Gasteiger partial charge is 0.141 e. The minimum atomic E-state index is -0.426. The molecular weight excluding hydrogens is 275 g/mol. The van der Waals surface area contributed by atoms with Crippen molar-refractivity contribution in [2.75, 3.05) is 0 Å². The summed E-state index contributed by atoms with van der Waals surface area (Å²) < 4.78 is 13.2. The molecule has 2 rings (SSSR count). The van der Waals surface area contributed by atoms with Crippen LogP contribution in [0.2, 0.25) is 5.02 Å². The van der Waals surface area contributed by atoms with Gasteiger partial charge in [-0.25, -0.2) is 9.82 Å². The molecule has 4 heteroatoms. The minimum absolute atomic E-state index is 0.102. The first kappa shape index (κ1) is 15.0. The van der Waals surface area contributed by atoms with Gasteiger partial charge in [0.1, 0.15) is 5.82 Å². The molecule has 0 saturated carbocycles.